The zero-order chi connectivity index (χ0) is 11.0. The van der Waals surface area contributed by atoms with Gasteiger partial charge < -0.3 is 4.90 Å². The Kier molecular flexibility index (Phi) is 3.13. The number of anilines is 1. The summed E-state index contributed by atoms with van der Waals surface area (Å²) in [5.74, 6) is 0.841. The Bertz CT molecular complexity index is 331. The minimum absolute atomic E-state index is 0.520. The molecule has 0 amide bonds. The fourth-order valence-corrected chi connectivity index (χ4v) is 2.72. The van der Waals surface area contributed by atoms with E-state index in [0.29, 0.717) is 17.2 Å². The van der Waals surface area contributed by atoms with E-state index in [-0.39, 0.29) is 0 Å². The van der Waals surface area contributed by atoms with Gasteiger partial charge in [-0.25, -0.2) is 0 Å². The summed E-state index contributed by atoms with van der Waals surface area (Å²) in [6.07, 6.45) is 0. The van der Waals surface area contributed by atoms with E-state index < -0.39 is 0 Å². The van der Waals surface area contributed by atoms with Crippen molar-refractivity contribution in [3.05, 3.63) is 5.15 Å². The van der Waals surface area contributed by atoms with Crippen LogP contribution in [0.2, 0.25) is 5.15 Å². The fraction of sp³-hybridized carbons (Fsp3) is 0.778. The fourth-order valence-electron chi connectivity index (χ4n) is 1.94. The van der Waals surface area contributed by atoms with Gasteiger partial charge in [0.15, 0.2) is 11.0 Å². The molecule has 1 aliphatic rings. The van der Waals surface area contributed by atoms with Crippen molar-refractivity contribution in [1.29, 1.82) is 0 Å². The van der Waals surface area contributed by atoms with E-state index in [9.17, 15) is 0 Å². The molecule has 2 heterocycles. The van der Waals surface area contributed by atoms with Crippen molar-refractivity contribution >= 4 is 29.1 Å². The second kappa shape index (κ2) is 4.23. The van der Waals surface area contributed by atoms with Gasteiger partial charge in [0, 0.05) is 25.2 Å². The van der Waals surface area contributed by atoms with E-state index >= 15 is 0 Å². The molecular formula is C9H15ClN4S. The summed E-state index contributed by atoms with van der Waals surface area (Å²) in [5.41, 5.74) is 0. The van der Waals surface area contributed by atoms with Crippen molar-refractivity contribution in [2.75, 3.05) is 25.0 Å². The normalized spacial score (nSPS) is 28.4. The molecule has 2 atom stereocenters. The molecule has 15 heavy (non-hydrogen) atoms. The molecule has 0 unspecified atom stereocenters. The Morgan fingerprint density at radius 1 is 1.27 bits per heavy atom. The van der Waals surface area contributed by atoms with E-state index in [2.05, 4.69) is 39.4 Å². The molecule has 0 radical (unpaired) electrons. The maximum absolute atomic E-state index is 5.99. The summed E-state index contributed by atoms with van der Waals surface area (Å²) >= 11 is 7.16. The molecule has 0 bridgehead atoms. The standard InChI is InChI=1S/C9H15ClN4S/c1-6-4-14(5-7(2)13(6)3)9-8(10)11-15-12-9/h6-7H,4-5H2,1-3H3/t6-,7+. The third-order valence-corrected chi connectivity index (χ3v) is 3.96. The number of hydrogen-bond acceptors (Lipinski definition) is 5. The van der Waals surface area contributed by atoms with Crippen LogP contribution in [-0.2, 0) is 0 Å². The van der Waals surface area contributed by atoms with Crippen molar-refractivity contribution in [3.8, 4) is 0 Å². The molecule has 0 spiro atoms. The Labute approximate surface area is 99.2 Å². The summed E-state index contributed by atoms with van der Waals surface area (Å²) < 4.78 is 8.24. The number of rotatable bonds is 1. The van der Waals surface area contributed by atoms with Crippen LogP contribution in [0.5, 0.6) is 0 Å². The molecule has 0 N–H and O–H groups in total. The van der Waals surface area contributed by atoms with Gasteiger partial charge >= 0.3 is 0 Å². The highest BCUT2D eigenvalue weighted by Gasteiger charge is 2.28. The first kappa shape index (κ1) is 11.1. The van der Waals surface area contributed by atoms with E-state index in [1.165, 1.54) is 11.7 Å². The molecule has 0 aromatic carbocycles. The van der Waals surface area contributed by atoms with Gasteiger partial charge in [-0.05, 0) is 20.9 Å². The Hall–Kier alpha value is -0.390. The van der Waals surface area contributed by atoms with Gasteiger partial charge in [0.2, 0.25) is 0 Å². The molecule has 0 aliphatic carbocycles. The largest absolute Gasteiger partial charge is 0.350 e. The predicted octanol–water partition coefficient (Wildman–Crippen LogP) is 1.72. The van der Waals surface area contributed by atoms with E-state index in [4.69, 9.17) is 11.6 Å². The lowest BCUT2D eigenvalue weighted by Gasteiger charge is -2.42. The maximum Gasteiger partial charge on any atom is 0.187 e. The molecule has 1 aromatic rings. The lowest BCUT2D eigenvalue weighted by atomic mass is 10.1. The van der Waals surface area contributed by atoms with Crippen LogP contribution in [0.1, 0.15) is 13.8 Å². The zero-order valence-electron chi connectivity index (χ0n) is 9.14. The molecule has 1 aliphatic heterocycles. The number of likely N-dealkylation sites (N-methyl/N-ethyl adjacent to an activating group) is 1. The van der Waals surface area contributed by atoms with Crippen molar-refractivity contribution < 1.29 is 0 Å². The van der Waals surface area contributed by atoms with Crippen LogP contribution < -0.4 is 4.90 Å². The number of piperazine rings is 1. The second-order valence-electron chi connectivity index (χ2n) is 4.15. The Morgan fingerprint density at radius 2 is 1.87 bits per heavy atom. The van der Waals surface area contributed by atoms with E-state index in [1.807, 2.05) is 0 Å². The minimum atomic E-state index is 0.520. The Morgan fingerprint density at radius 3 is 2.33 bits per heavy atom. The van der Waals surface area contributed by atoms with Crippen molar-refractivity contribution in [3.63, 3.8) is 0 Å². The highest BCUT2D eigenvalue weighted by atomic mass is 35.5. The van der Waals surface area contributed by atoms with Gasteiger partial charge in [0.05, 0.1) is 11.7 Å². The van der Waals surface area contributed by atoms with Crippen LogP contribution in [0.25, 0.3) is 0 Å². The molecule has 1 fully saturated rings. The lowest BCUT2D eigenvalue weighted by Crippen LogP contribution is -2.55. The number of halogens is 1. The molecule has 1 saturated heterocycles. The topological polar surface area (TPSA) is 32.3 Å². The van der Waals surface area contributed by atoms with Crippen LogP contribution in [0.15, 0.2) is 0 Å². The molecule has 84 valence electrons. The van der Waals surface area contributed by atoms with Crippen molar-refractivity contribution in [1.82, 2.24) is 13.6 Å². The third kappa shape index (κ3) is 2.09. The smallest absolute Gasteiger partial charge is 0.187 e. The highest BCUT2D eigenvalue weighted by molar-refractivity contribution is 6.99. The summed E-state index contributed by atoms with van der Waals surface area (Å²) in [5, 5.41) is 0.531. The number of nitrogens with zero attached hydrogens (tertiary/aromatic N) is 4. The van der Waals surface area contributed by atoms with Crippen molar-refractivity contribution in [2.45, 2.75) is 25.9 Å². The quantitative estimate of drug-likeness (QED) is 0.756. The average molecular weight is 247 g/mol. The predicted molar refractivity (Wildman–Crippen MR) is 63.8 cm³/mol. The van der Waals surface area contributed by atoms with E-state index in [1.54, 1.807) is 0 Å². The number of hydrogen-bond donors (Lipinski definition) is 0. The summed E-state index contributed by atoms with van der Waals surface area (Å²) in [6.45, 7) is 6.37. The molecule has 2 rings (SSSR count). The van der Waals surface area contributed by atoms with Gasteiger partial charge in [0.1, 0.15) is 0 Å². The monoisotopic (exact) mass is 246 g/mol. The first-order chi connectivity index (χ1) is 7.09. The molecule has 1 aromatic heterocycles. The van der Waals surface area contributed by atoms with Crippen LogP contribution in [0.4, 0.5) is 5.82 Å². The summed E-state index contributed by atoms with van der Waals surface area (Å²) in [6, 6.07) is 1.04. The molecular weight excluding hydrogens is 232 g/mol. The number of aromatic nitrogens is 2. The summed E-state index contributed by atoms with van der Waals surface area (Å²) in [7, 11) is 2.16. The second-order valence-corrected chi connectivity index (χ2v) is 5.03. The SMILES string of the molecule is C[C@@H]1CN(c2nsnc2Cl)C[C@H](C)N1C. The molecule has 0 saturated carbocycles. The van der Waals surface area contributed by atoms with Gasteiger partial charge in [-0.1, -0.05) is 11.6 Å². The summed E-state index contributed by atoms with van der Waals surface area (Å²) in [4.78, 5) is 4.60. The highest BCUT2D eigenvalue weighted by Crippen LogP contribution is 2.26. The zero-order valence-corrected chi connectivity index (χ0v) is 10.7. The first-order valence-electron chi connectivity index (χ1n) is 5.04. The van der Waals surface area contributed by atoms with Crippen LogP contribution in [0.3, 0.4) is 0 Å². The van der Waals surface area contributed by atoms with Gasteiger partial charge in [0.25, 0.3) is 0 Å². The lowest BCUT2D eigenvalue weighted by molar-refractivity contribution is 0.169. The van der Waals surface area contributed by atoms with Crippen LogP contribution in [0, 0.1) is 0 Å². The Balaban J connectivity index is 2.16. The first-order valence-corrected chi connectivity index (χ1v) is 6.15. The van der Waals surface area contributed by atoms with Gasteiger partial charge in [-0.3, -0.25) is 4.90 Å². The van der Waals surface area contributed by atoms with E-state index in [0.717, 1.165) is 18.9 Å². The third-order valence-electron chi connectivity index (χ3n) is 3.09. The maximum atomic E-state index is 5.99. The van der Waals surface area contributed by atoms with Crippen LogP contribution >= 0.6 is 23.3 Å². The van der Waals surface area contributed by atoms with Crippen LogP contribution in [-0.4, -0.2) is 45.9 Å². The molecule has 6 heteroatoms. The van der Waals surface area contributed by atoms with Gasteiger partial charge in [-0.15, -0.1) is 0 Å². The minimum Gasteiger partial charge on any atom is -0.350 e. The average Bonchev–Trinajstić information content (AvgIpc) is 2.60. The van der Waals surface area contributed by atoms with Crippen molar-refractivity contribution in [2.24, 2.45) is 0 Å². The van der Waals surface area contributed by atoms with Gasteiger partial charge in [-0.2, -0.15) is 8.75 Å². The molecule has 4 nitrogen and oxygen atoms in total.